The van der Waals surface area contributed by atoms with Crippen molar-refractivity contribution in [1.82, 2.24) is 14.8 Å². The number of nitrogen functional groups attached to an aromatic ring is 1. The molecule has 1 aromatic heterocycles. The highest BCUT2D eigenvalue weighted by molar-refractivity contribution is 5.94. The van der Waals surface area contributed by atoms with Crippen molar-refractivity contribution >= 4 is 11.7 Å². The summed E-state index contributed by atoms with van der Waals surface area (Å²) >= 11 is 0. The summed E-state index contributed by atoms with van der Waals surface area (Å²) in [4.78, 5) is 20.8. The van der Waals surface area contributed by atoms with E-state index in [9.17, 15) is 4.79 Å². The lowest BCUT2D eigenvalue weighted by Gasteiger charge is -2.26. The molecule has 0 aromatic carbocycles. The van der Waals surface area contributed by atoms with E-state index < -0.39 is 0 Å². The van der Waals surface area contributed by atoms with Crippen LogP contribution in [0, 0.1) is 0 Å². The Kier molecular flexibility index (Phi) is 4.60. The van der Waals surface area contributed by atoms with Gasteiger partial charge in [0.1, 0.15) is 5.82 Å². The predicted octanol–water partition coefficient (Wildman–Crippen LogP) is 1.39. The SMILES string of the molecule is CCc1cc(C(=O)N(C)CC2CCCN2C)cc(N)n1. The Balaban J connectivity index is 2.08. The van der Waals surface area contributed by atoms with Gasteiger partial charge in [-0.1, -0.05) is 6.92 Å². The summed E-state index contributed by atoms with van der Waals surface area (Å²) in [6.45, 7) is 3.89. The van der Waals surface area contributed by atoms with Gasteiger partial charge in [0.05, 0.1) is 0 Å². The highest BCUT2D eigenvalue weighted by Gasteiger charge is 2.24. The van der Waals surface area contributed by atoms with Gasteiger partial charge in [-0.15, -0.1) is 0 Å². The van der Waals surface area contributed by atoms with Crippen molar-refractivity contribution in [3.05, 3.63) is 23.4 Å². The fourth-order valence-electron chi connectivity index (χ4n) is 2.74. The number of aryl methyl sites for hydroxylation is 1. The number of carbonyl (C=O) groups is 1. The summed E-state index contributed by atoms with van der Waals surface area (Å²) in [5, 5.41) is 0. The summed E-state index contributed by atoms with van der Waals surface area (Å²) in [5.74, 6) is 0.438. The third kappa shape index (κ3) is 3.28. The summed E-state index contributed by atoms with van der Waals surface area (Å²) in [6.07, 6.45) is 3.15. The fourth-order valence-corrected chi connectivity index (χ4v) is 2.74. The van der Waals surface area contributed by atoms with Crippen LogP contribution in [-0.2, 0) is 6.42 Å². The Morgan fingerprint density at radius 2 is 2.30 bits per heavy atom. The van der Waals surface area contributed by atoms with Crippen LogP contribution in [0.25, 0.3) is 0 Å². The van der Waals surface area contributed by atoms with Crippen molar-refractivity contribution in [2.75, 3.05) is 32.9 Å². The van der Waals surface area contributed by atoms with Crippen LogP contribution in [0.3, 0.4) is 0 Å². The van der Waals surface area contributed by atoms with Gasteiger partial charge in [0, 0.05) is 30.9 Å². The molecule has 1 aliphatic heterocycles. The summed E-state index contributed by atoms with van der Waals surface area (Å²) in [5.41, 5.74) is 7.27. The lowest BCUT2D eigenvalue weighted by Crippen LogP contribution is -2.39. The Hall–Kier alpha value is -1.62. The first-order chi connectivity index (χ1) is 9.51. The first-order valence-corrected chi connectivity index (χ1v) is 7.23. The first kappa shape index (κ1) is 14.8. The topological polar surface area (TPSA) is 62.5 Å². The number of likely N-dealkylation sites (N-methyl/N-ethyl adjacent to an activating group) is 2. The van der Waals surface area contributed by atoms with Gasteiger partial charge in [0.2, 0.25) is 0 Å². The molecule has 110 valence electrons. The standard InChI is InChI=1S/C15H24N4O/c1-4-12-8-11(9-14(16)17-12)15(20)19(3)10-13-6-5-7-18(13)2/h8-9,13H,4-7,10H2,1-3H3,(H2,16,17). The van der Waals surface area contributed by atoms with Crippen LogP contribution in [0.1, 0.15) is 35.8 Å². The van der Waals surface area contributed by atoms with Crippen LogP contribution < -0.4 is 5.73 Å². The number of nitrogens with two attached hydrogens (primary N) is 1. The third-order valence-electron chi connectivity index (χ3n) is 4.01. The molecule has 1 aromatic rings. The molecule has 0 aliphatic carbocycles. The van der Waals surface area contributed by atoms with Gasteiger partial charge in [-0.05, 0) is 45.0 Å². The lowest BCUT2D eigenvalue weighted by molar-refractivity contribution is 0.0761. The smallest absolute Gasteiger partial charge is 0.253 e. The second-order valence-corrected chi connectivity index (χ2v) is 5.59. The number of nitrogens with zero attached hydrogens (tertiary/aromatic N) is 3. The van der Waals surface area contributed by atoms with E-state index in [1.54, 1.807) is 11.0 Å². The van der Waals surface area contributed by atoms with Gasteiger partial charge in [-0.25, -0.2) is 4.98 Å². The summed E-state index contributed by atoms with van der Waals surface area (Å²) < 4.78 is 0. The minimum Gasteiger partial charge on any atom is -0.384 e. The van der Waals surface area contributed by atoms with Crippen LogP contribution in [-0.4, -0.2) is 53.9 Å². The molecule has 1 amide bonds. The fraction of sp³-hybridized carbons (Fsp3) is 0.600. The maximum Gasteiger partial charge on any atom is 0.253 e. The van der Waals surface area contributed by atoms with E-state index in [0.717, 1.165) is 31.6 Å². The number of hydrogen-bond donors (Lipinski definition) is 1. The van der Waals surface area contributed by atoms with Crippen molar-refractivity contribution in [3.8, 4) is 0 Å². The molecule has 5 heteroatoms. The molecule has 0 radical (unpaired) electrons. The van der Waals surface area contributed by atoms with Crippen LogP contribution in [0.2, 0.25) is 0 Å². The molecule has 1 saturated heterocycles. The monoisotopic (exact) mass is 276 g/mol. The van der Waals surface area contributed by atoms with E-state index in [0.29, 0.717) is 17.4 Å². The number of amides is 1. The van der Waals surface area contributed by atoms with E-state index in [-0.39, 0.29) is 5.91 Å². The average molecular weight is 276 g/mol. The minimum absolute atomic E-state index is 0.0223. The van der Waals surface area contributed by atoms with Gasteiger partial charge in [0.15, 0.2) is 0 Å². The Morgan fingerprint density at radius 3 is 2.90 bits per heavy atom. The highest BCUT2D eigenvalue weighted by atomic mass is 16.2. The van der Waals surface area contributed by atoms with Crippen molar-refractivity contribution in [1.29, 1.82) is 0 Å². The van der Waals surface area contributed by atoms with E-state index in [1.165, 1.54) is 6.42 Å². The van der Waals surface area contributed by atoms with Crippen molar-refractivity contribution < 1.29 is 4.79 Å². The van der Waals surface area contributed by atoms with Gasteiger partial charge in [-0.3, -0.25) is 4.79 Å². The second-order valence-electron chi connectivity index (χ2n) is 5.59. The number of rotatable bonds is 4. The predicted molar refractivity (Wildman–Crippen MR) is 80.6 cm³/mol. The molecular weight excluding hydrogens is 252 g/mol. The van der Waals surface area contributed by atoms with Crippen molar-refractivity contribution in [3.63, 3.8) is 0 Å². The number of likely N-dealkylation sites (tertiary alicyclic amines) is 1. The third-order valence-corrected chi connectivity index (χ3v) is 4.01. The molecule has 0 bridgehead atoms. The van der Waals surface area contributed by atoms with Crippen molar-refractivity contribution in [2.45, 2.75) is 32.2 Å². The van der Waals surface area contributed by atoms with E-state index >= 15 is 0 Å². The molecule has 20 heavy (non-hydrogen) atoms. The molecule has 2 N–H and O–H groups in total. The van der Waals surface area contributed by atoms with Gasteiger partial charge >= 0.3 is 0 Å². The van der Waals surface area contributed by atoms with Crippen LogP contribution >= 0.6 is 0 Å². The van der Waals surface area contributed by atoms with Gasteiger partial charge in [0.25, 0.3) is 5.91 Å². The lowest BCUT2D eigenvalue weighted by atomic mass is 10.1. The molecule has 1 fully saturated rings. The molecule has 1 unspecified atom stereocenters. The minimum atomic E-state index is 0.0223. The zero-order valence-corrected chi connectivity index (χ0v) is 12.6. The number of aromatic nitrogens is 1. The molecule has 5 nitrogen and oxygen atoms in total. The number of pyridine rings is 1. The second kappa shape index (κ2) is 6.22. The number of carbonyl (C=O) groups excluding carboxylic acids is 1. The maximum absolute atomic E-state index is 12.5. The first-order valence-electron chi connectivity index (χ1n) is 7.23. The normalized spacial score (nSPS) is 19.2. The van der Waals surface area contributed by atoms with Crippen molar-refractivity contribution in [2.24, 2.45) is 0 Å². The Bertz CT molecular complexity index is 489. The Labute approximate surface area is 120 Å². The van der Waals surface area contributed by atoms with E-state index in [2.05, 4.69) is 16.9 Å². The molecule has 0 spiro atoms. The molecule has 0 saturated carbocycles. The highest BCUT2D eigenvalue weighted by Crippen LogP contribution is 2.17. The number of hydrogen-bond acceptors (Lipinski definition) is 4. The maximum atomic E-state index is 12.5. The molecule has 1 aliphatic rings. The van der Waals surface area contributed by atoms with E-state index in [4.69, 9.17) is 5.73 Å². The van der Waals surface area contributed by atoms with E-state index in [1.807, 2.05) is 20.0 Å². The molecular formula is C15H24N4O. The zero-order chi connectivity index (χ0) is 14.7. The van der Waals surface area contributed by atoms with Crippen LogP contribution in [0.5, 0.6) is 0 Å². The zero-order valence-electron chi connectivity index (χ0n) is 12.6. The largest absolute Gasteiger partial charge is 0.384 e. The average Bonchev–Trinajstić information content (AvgIpc) is 2.82. The Morgan fingerprint density at radius 1 is 1.55 bits per heavy atom. The van der Waals surface area contributed by atoms with Crippen LogP contribution in [0.15, 0.2) is 12.1 Å². The molecule has 2 rings (SSSR count). The molecule has 2 heterocycles. The van der Waals surface area contributed by atoms with Gasteiger partial charge in [-0.2, -0.15) is 0 Å². The quantitative estimate of drug-likeness (QED) is 0.903. The molecule has 1 atom stereocenters. The van der Waals surface area contributed by atoms with Crippen LogP contribution in [0.4, 0.5) is 5.82 Å². The van der Waals surface area contributed by atoms with Gasteiger partial charge < -0.3 is 15.5 Å². The number of anilines is 1. The summed E-state index contributed by atoms with van der Waals surface area (Å²) in [6, 6.07) is 3.97. The summed E-state index contributed by atoms with van der Waals surface area (Å²) in [7, 11) is 3.98.